The van der Waals surface area contributed by atoms with E-state index in [4.69, 9.17) is 4.52 Å². The molecule has 3 nitrogen and oxygen atoms in total. The van der Waals surface area contributed by atoms with Crippen LogP contribution in [0.3, 0.4) is 0 Å². The van der Waals surface area contributed by atoms with Gasteiger partial charge in [-0.3, -0.25) is 0 Å². The van der Waals surface area contributed by atoms with Crippen molar-refractivity contribution in [2.24, 2.45) is 0 Å². The predicted octanol–water partition coefficient (Wildman–Crippen LogP) is 0.790. The second-order valence-corrected chi connectivity index (χ2v) is 2.59. The highest BCUT2D eigenvalue weighted by molar-refractivity contribution is 5.24. The van der Waals surface area contributed by atoms with E-state index in [9.17, 15) is 4.39 Å². The highest BCUT2D eigenvalue weighted by Gasteiger charge is 2.17. The van der Waals surface area contributed by atoms with E-state index < -0.39 is 6.67 Å². The molecule has 2 heterocycles. The lowest BCUT2D eigenvalue weighted by molar-refractivity contribution is 0.326. The molecule has 1 N–H and O–H groups in total. The Morgan fingerprint density at radius 3 is 3.36 bits per heavy atom. The van der Waals surface area contributed by atoms with Crippen molar-refractivity contribution < 1.29 is 8.91 Å². The summed E-state index contributed by atoms with van der Waals surface area (Å²) in [6.07, 6.45) is 0.831. The van der Waals surface area contributed by atoms with Gasteiger partial charge in [-0.2, -0.15) is 0 Å². The fourth-order valence-corrected chi connectivity index (χ4v) is 1.33. The Bertz CT molecular complexity index is 245. The Morgan fingerprint density at radius 2 is 2.55 bits per heavy atom. The van der Waals surface area contributed by atoms with Crippen LogP contribution in [0.5, 0.6) is 0 Å². The van der Waals surface area contributed by atoms with E-state index in [1.165, 1.54) is 0 Å². The molecule has 0 amide bonds. The summed E-state index contributed by atoms with van der Waals surface area (Å²) in [6, 6.07) is 0. The van der Waals surface area contributed by atoms with Gasteiger partial charge in [-0.15, -0.1) is 0 Å². The van der Waals surface area contributed by atoms with Crippen molar-refractivity contribution >= 4 is 0 Å². The van der Waals surface area contributed by atoms with Crippen molar-refractivity contribution in [2.75, 3.05) is 6.54 Å². The number of nitrogens with one attached hydrogen (secondary N) is 1. The van der Waals surface area contributed by atoms with Crippen molar-refractivity contribution in [1.82, 2.24) is 10.5 Å². The zero-order chi connectivity index (χ0) is 7.68. The van der Waals surface area contributed by atoms with Crippen LogP contribution in [0.25, 0.3) is 0 Å². The Kier molecular flexibility index (Phi) is 1.62. The van der Waals surface area contributed by atoms with Gasteiger partial charge in [0.05, 0.1) is 0 Å². The van der Waals surface area contributed by atoms with E-state index in [1.807, 2.05) is 0 Å². The summed E-state index contributed by atoms with van der Waals surface area (Å²) < 4.78 is 17.0. The van der Waals surface area contributed by atoms with E-state index in [-0.39, 0.29) is 0 Å². The molecular weight excluding hydrogens is 147 g/mol. The van der Waals surface area contributed by atoms with Crippen LogP contribution in [0.1, 0.15) is 17.0 Å². The Balaban J connectivity index is 2.38. The van der Waals surface area contributed by atoms with Gasteiger partial charge in [0.1, 0.15) is 5.69 Å². The maximum absolute atomic E-state index is 12.2. The van der Waals surface area contributed by atoms with Crippen LogP contribution in [-0.2, 0) is 19.6 Å². The van der Waals surface area contributed by atoms with Crippen LogP contribution in [0.2, 0.25) is 0 Å². The second-order valence-electron chi connectivity index (χ2n) is 2.59. The molecule has 11 heavy (non-hydrogen) atoms. The quantitative estimate of drug-likeness (QED) is 0.653. The fraction of sp³-hybridized carbons (Fsp3) is 0.571. The minimum absolute atomic E-state index is 0.404. The maximum Gasteiger partial charge on any atom is 0.171 e. The Morgan fingerprint density at radius 1 is 1.64 bits per heavy atom. The first-order valence-electron chi connectivity index (χ1n) is 3.65. The molecule has 0 saturated heterocycles. The van der Waals surface area contributed by atoms with Crippen LogP contribution in [0.15, 0.2) is 4.52 Å². The lowest BCUT2D eigenvalue weighted by atomic mass is 10.1. The van der Waals surface area contributed by atoms with Gasteiger partial charge in [0.25, 0.3) is 0 Å². The number of fused-ring (bicyclic) bond motifs is 1. The van der Waals surface area contributed by atoms with Crippen LogP contribution in [0.4, 0.5) is 4.39 Å². The van der Waals surface area contributed by atoms with E-state index in [2.05, 4.69) is 10.5 Å². The third-order valence-corrected chi connectivity index (χ3v) is 1.92. The number of hydrogen-bond acceptors (Lipinski definition) is 3. The number of aromatic nitrogens is 1. The lowest BCUT2D eigenvalue weighted by Crippen LogP contribution is -2.23. The summed E-state index contributed by atoms with van der Waals surface area (Å²) in [5, 5.41) is 6.88. The van der Waals surface area contributed by atoms with Gasteiger partial charge >= 0.3 is 0 Å². The number of hydrogen-bond donors (Lipinski definition) is 1. The molecule has 0 bridgehead atoms. The minimum atomic E-state index is -0.539. The van der Waals surface area contributed by atoms with Crippen LogP contribution in [-0.4, -0.2) is 11.7 Å². The molecule has 0 aromatic carbocycles. The normalized spacial score (nSPS) is 16.5. The zero-order valence-corrected chi connectivity index (χ0v) is 6.06. The monoisotopic (exact) mass is 156 g/mol. The Labute approximate surface area is 63.6 Å². The zero-order valence-electron chi connectivity index (χ0n) is 6.06. The molecule has 2 rings (SSSR count). The lowest BCUT2D eigenvalue weighted by Gasteiger charge is -2.09. The van der Waals surface area contributed by atoms with Crippen molar-refractivity contribution in [2.45, 2.75) is 19.6 Å². The molecular formula is C7H9FN2O. The number of nitrogens with zero attached hydrogens (tertiary/aromatic N) is 1. The average Bonchev–Trinajstić information content (AvgIpc) is 2.47. The summed E-state index contributed by atoms with van der Waals surface area (Å²) >= 11 is 0. The van der Waals surface area contributed by atoms with Gasteiger partial charge in [0.15, 0.2) is 12.4 Å². The smallest absolute Gasteiger partial charge is 0.171 e. The molecule has 1 aromatic heterocycles. The van der Waals surface area contributed by atoms with E-state index in [0.29, 0.717) is 12.3 Å². The molecule has 4 heteroatoms. The van der Waals surface area contributed by atoms with Gasteiger partial charge in [0.2, 0.25) is 0 Å². The fourth-order valence-electron chi connectivity index (χ4n) is 1.33. The SMILES string of the molecule is FCc1onc2c1CCNC2. The van der Waals surface area contributed by atoms with Gasteiger partial charge in [-0.1, -0.05) is 5.16 Å². The molecule has 1 aliphatic heterocycles. The summed E-state index contributed by atoms with van der Waals surface area (Å²) in [7, 11) is 0. The Hall–Kier alpha value is -0.900. The molecule has 0 aliphatic carbocycles. The third-order valence-electron chi connectivity index (χ3n) is 1.92. The molecule has 60 valence electrons. The molecule has 0 radical (unpaired) electrons. The van der Waals surface area contributed by atoms with E-state index >= 15 is 0 Å². The molecule has 0 fully saturated rings. The van der Waals surface area contributed by atoms with Gasteiger partial charge in [0, 0.05) is 12.1 Å². The standard InChI is InChI=1S/C7H9FN2O/c8-3-7-5-1-2-9-4-6(5)10-11-7/h9H,1-4H2. The van der Waals surface area contributed by atoms with Gasteiger partial charge < -0.3 is 9.84 Å². The van der Waals surface area contributed by atoms with Crippen LogP contribution >= 0.6 is 0 Å². The first-order chi connectivity index (χ1) is 5.42. The highest BCUT2D eigenvalue weighted by Crippen LogP contribution is 2.18. The summed E-state index contributed by atoms with van der Waals surface area (Å²) in [6.45, 7) is 1.06. The van der Waals surface area contributed by atoms with Crippen molar-refractivity contribution in [3.8, 4) is 0 Å². The number of alkyl halides is 1. The molecule has 1 aromatic rings. The third kappa shape index (κ3) is 1.03. The maximum atomic E-state index is 12.2. The number of halogens is 1. The molecule has 0 atom stereocenters. The predicted molar refractivity (Wildman–Crippen MR) is 36.7 cm³/mol. The largest absolute Gasteiger partial charge is 0.358 e. The average molecular weight is 156 g/mol. The van der Waals surface area contributed by atoms with Gasteiger partial charge in [-0.25, -0.2) is 4.39 Å². The topological polar surface area (TPSA) is 38.1 Å². The summed E-state index contributed by atoms with van der Waals surface area (Å²) in [4.78, 5) is 0. The summed E-state index contributed by atoms with van der Waals surface area (Å²) in [5.41, 5.74) is 1.83. The minimum Gasteiger partial charge on any atom is -0.358 e. The first kappa shape index (κ1) is 6.79. The second kappa shape index (κ2) is 2.62. The van der Waals surface area contributed by atoms with E-state index in [1.54, 1.807) is 0 Å². The van der Waals surface area contributed by atoms with Gasteiger partial charge in [-0.05, 0) is 13.0 Å². The van der Waals surface area contributed by atoms with Crippen molar-refractivity contribution in [3.63, 3.8) is 0 Å². The van der Waals surface area contributed by atoms with Crippen molar-refractivity contribution in [1.29, 1.82) is 0 Å². The highest BCUT2D eigenvalue weighted by atomic mass is 19.1. The summed E-state index contributed by atoms with van der Waals surface area (Å²) in [5.74, 6) is 0.404. The van der Waals surface area contributed by atoms with E-state index in [0.717, 1.165) is 24.2 Å². The molecule has 1 aliphatic rings. The molecule has 0 spiro atoms. The molecule has 0 saturated carbocycles. The number of rotatable bonds is 1. The van der Waals surface area contributed by atoms with Crippen LogP contribution < -0.4 is 5.32 Å². The van der Waals surface area contributed by atoms with Crippen LogP contribution in [0, 0.1) is 0 Å². The molecule has 0 unspecified atom stereocenters. The van der Waals surface area contributed by atoms with Crippen molar-refractivity contribution in [3.05, 3.63) is 17.0 Å². The first-order valence-corrected chi connectivity index (χ1v) is 3.65.